The molecule has 1 atom stereocenters. The van der Waals surface area contributed by atoms with Gasteiger partial charge in [0.25, 0.3) is 0 Å². The average molecular weight is 375 g/mol. The Morgan fingerprint density at radius 2 is 2.07 bits per heavy atom. The zero-order chi connectivity index (χ0) is 19.3. The van der Waals surface area contributed by atoms with Crippen LogP contribution in [0.4, 0.5) is 0 Å². The predicted molar refractivity (Wildman–Crippen MR) is 107 cm³/mol. The quantitative estimate of drug-likeness (QED) is 0.515. The Bertz CT molecular complexity index is 1050. The van der Waals surface area contributed by atoms with Crippen molar-refractivity contribution in [1.82, 2.24) is 20.2 Å². The lowest BCUT2D eigenvalue weighted by atomic mass is 10.1. The first-order chi connectivity index (χ1) is 13.7. The number of nitrogens with two attached hydrogens (primary N) is 1. The molecule has 0 bridgehead atoms. The average Bonchev–Trinajstić information content (AvgIpc) is 3.17. The van der Waals surface area contributed by atoms with Crippen molar-refractivity contribution in [3.63, 3.8) is 0 Å². The van der Waals surface area contributed by atoms with Gasteiger partial charge in [0, 0.05) is 41.6 Å². The number of methoxy groups -OCH3 is 1. The number of ether oxygens (including phenoxy) is 2. The number of hydrogen-bond acceptors (Lipinski definition) is 6. The van der Waals surface area contributed by atoms with Crippen molar-refractivity contribution in [2.24, 2.45) is 5.73 Å². The number of pyridine rings is 2. The van der Waals surface area contributed by atoms with Crippen molar-refractivity contribution in [3.05, 3.63) is 66.6 Å². The van der Waals surface area contributed by atoms with Gasteiger partial charge in [0.15, 0.2) is 0 Å². The lowest BCUT2D eigenvalue weighted by molar-refractivity contribution is 0.288. The molecule has 0 spiro atoms. The molecule has 0 radical (unpaired) electrons. The van der Waals surface area contributed by atoms with Crippen LogP contribution in [-0.2, 0) is 6.42 Å². The molecule has 1 unspecified atom stereocenters. The molecular formula is C21H21N5O2. The fourth-order valence-electron chi connectivity index (χ4n) is 3.02. The van der Waals surface area contributed by atoms with Gasteiger partial charge >= 0.3 is 0 Å². The number of nitrogens with zero attached hydrogens (tertiary/aromatic N) is 3. The van der Waals surface area contributed by atoms with E-state index >= 15 is 0 Å². The Morgan fingerprint density at radius 1 is 1.14 bits per heavy atom. The van der Waals surface area contributed by atoms with Crippen LogP contribution < -0.4 is 15.2 Å². The van der Waals surface area contributed by atoms with E-state index in [-0.39, 0.29) is 6.04 Å². The molecule has 0 aliphatic heterocycles. The fourth-order valence-corrected chi connectivity index (χ4v) is 3.02. The van der Waals surface area contributed by atoms with Gasteiger partial charge in [0.1, 0.15) is 18.1 Å². The molecule has 7 nitrogen and oxygen atoms in total. The van der Waals surface area contributed by atoms with Crippen LogP contribution in [0.1, 0.15) is 5.56 Å². The molecule has 4 rings (SSSR count). The van der Waals surface area contributed by atoms with E-state index in [9.17, 15) is 0 Å². The predicted octanol–water partition coefficient (Wildman–Crippen LogP) is 2.98. The van der Waals surface area contributed by atoms with Crippen LogP contribution in [0, 0.1) is 0 Å². The summed E-state index contributed by atoms with van der Waals surface area (Å²) in [6.45, 7) is 0.400. The summed E-state index contributed by atoms with van der Waals surface area (Å²) in [7, 11) is 1.60. The highest BCUT2D eigenvalue weighted by atomic mass is 16.5. The summed E-state index contributed by atoms with van der Waals surface area (Å²) in [5, 5.41) is 8.44. The highest BCUT2D eigenvalue weighted by Gasteiger charge is 2.11. The topological polar surface area (TPSA) is 98.9 Å². The van der Waals surface area contributed by atoms with Gasteiger partial charge in [0.05, 0.1) is 12.6 Å². The first kappa shape index (κ1) is 17.9. The fraction of sp³-hybridized carbons (Fsp3) is 0.190. The first-order valence-electron chi connectivity index (χ1n) is 8.99. The SMILES string of the molecule is COc1ccc(CC(N)COc2ccc3[nH]nc(-c4cccnc4)c3c2)cn1. The molecule has 3 aromatic heterocycles. The molecule has 142 valence electrons. The van der Waals surface area contributed by atoms with Crippen molar-refractivity contribution < 1.29 is 9.47 Å². The monoisotopic (exact) mass is 375 g/mol. The Balaban J connectivity index is 1.44. The minimum Gasteiger partial charge on any atom is -0.492 e. The van der Waals surface area contributed by atoms with Crippen molar-refractivity contribution >= 4 is 10.9 Å². The maximum Gasteiger partial charge on any atom is 0.212 e. The maximum atomic E-state index is 6.23. The van der Waals surface area contributed by atoms with E-state index in [0.717, 1.165) is 33.5 Å². The number of benzene rings is 1. The molecule has 7 heteroatoms. The van der Waals surface area contributed by atoms with Gasteiger partial charge in [-0.15, -0.1) is 0 Å². The summed E-state index contributed by atoms with van der Waals surface area (Å²) < 4.78 is 11.0. The number of aromatic nitrogens is 4. The Labute approximate surface area is 162 Å². The first-order valence-corrected chi connectivity index (χ1v) is 8.99. The molecule has 28 heavy (non-hydrogen) atoms. The van der Waals surface area contributed by atoms with E-state index in [2.05, 4.69) is 20.2 Å². The largest absolute Gasteiger partial charge is 0.492 e. The van der Waals surface area contributed by atoms with E-state index in [1.54, 1.807) is 25.7 Å². The molecule has 0 amide bonds. The van der Waals surface area contributed by atoms with E-state index < -0.39 is 0 Å². The van der Waals surface area contributed by atoms with Crippen molar-refractivity contribution in [2.75, 3.05) is 13.7 Å². The summed E-state index contributed by atoms with van der Waals surface area (Å²) in [6, 6.07) is 13.4. The summed E-state index contributed by atoms with van der Waals surface area (Å²) in [6.07, 6.45) is 5.98. The molecule has 3 heterocycles. The van der Waals surface area contributed by atoms with Gasteiger partial charge in [-0.25, -0.2) is 4.98 Å². The van der Waals surface area contributed by atoms with Crippen LogP contribution in [0.25, 0.3) is 22.2 Å². The third kappa shape index (κ3) is 3.94. The number of rotatable bonds is 7. The highest BCUT2D eigenvalue weighted by Crippen LogP contribution is 2.28. The van der Waals surface area contributed by atoms with Gasteiger partial charge in [-0.3, -0.25) is 10.1 Å². The Hall–Kier alpha value is -3.45. The molecule has 4 aromatic rings. The van der Waals surface area contributed by atoms with Crippen molar-refractivity contribution in [3.8, 4) is 22.9 Å². The second-order valence-corrected chi connectivity index (χ2v) is 6.51. The molecular weight excluding hydrogens is 354 g/mol. The van der Waals surface area contributed by atoms with Gasteiger partial charge in [-0.05, 0) is 42.3 Å². The third-order valence-corrected chi connectivity index (χ3v) is 4.44. The lowest BCUT2D eigenvalue weighted by Crippen LogP contribution is -2.30. The van der Waals surface area contributed by atoms with Crippen LogP contribution in [0.15, 0.2) is 61.1 Å². The highest BCUT2D eigenvalue weighted by molar-refractivity contribution is 5.93. The minimum atomic E-state index is -0.145. The molecule has 0 saturated heterocycles. The maximum absolute atomic E-state index is 6.23. The van der Waals surface area contributed by atoms with E-state index in [0.29, 0.717) is 18.9 Å². The molecule has 0 aliphatic carbocycles. The second kappa shape index (κ2) is 8.06. The molecule has 3 N–H and O–H groups in total. The standard InChI is InChI=1S/C21H21N5O2/c1-27-20-7-4-14(11-24-20)9-16(22)13-28-17-5-6-19-18(10-17)21(26-25-19)15-3-2-8-23-12-15/h2-8,10-12,16H,9,13,22H2,1H3,(H,25,26). The zero-order valence-electron chi connectivity index (χ0n) is 15.5. The van der Waals surface area contributed by atoms with Crippen LogP contribution in [0.3, 0.4) is 0 Å². The molecule has 0 fully saturated rings. The van der Waals surface area contributed by atoms with Crippen LogP contribution in [-0.4, -0.2) is 39.9 Å². The lowest BCUT2D eigenvalue weighted by Gasteiger charge is -2.13. The van der Waals surface area contributed by atoms with Gasteiger partial charge < -0.3 is 15.2 Å². The number of H-pyrrole nitrogens is 1. The van der Waals surface area contributed by atoms with Crippen molar-refractivity contribution in [2.45, 2.75) is 12.5 Å². The number of fused-ring (bicyclic) bond motifs is 1. The summed E-state index contributed by atoms with van der Waals surface area (Å²) in [5.74, 6) is 1.34. The van der Waals surface area contributed by atoms with Crippen LogP contribution in [0.2, 0.25) is 0 Å². The van der Waals surface area contributed by atoms with Crippen LogP contribution >= 0.6 is 0 Å². The van der Waals surface area contributed by atoms with Gasteiger partial charge in [-0.1, -0.05) is 6.07 Å². The summed E-state index contributed by atoms with van der Waals surface area (Å²) in [4.78, 5) is 8.37. The third-order valence-electron chi connectivity index (χ3n) is 4.44. The van der Waals surface area contributed by atoms with Gasteiger partial charge in [0.2, 0.25) is 5.88 Å². The molecule has 0 saturated carbocycles. The Kier molecular flexibility index (Phi) is 5.16. The van der Waals surface area contributed by atoms with Crippen molar-refractivity contribution in [1.29, 1.82) is 0 Å². The number of aromatic amines is 1. The zero-order valence-corrected chi connectivity index (χ0v) is 15.5. The van der Waals surface area contributed by atoms with E-state index in [1.165, 1.54) is 0 Å². The Morgan fingerprint density at radius 3 is 2.82 bits per heavy atom. The van der Waals surface area contributed by atoms with Gasteiger partial charge in [-0.2, -0.15) is 5.10 Å². The molecule has 1 aromatic carbocycles. The van der Waals surface area contributed by atoms with E-state index in [1.807, 2.05) is 42.5 Å². The second-order valence-electron chi connectivity index (χ2n) is 6.51. The smallest absolute Gasteiger partial charge is 0.212 e. The summed E-state index contributed by atoms with van der Waals surface area (Å²) in [5.41, 5.74) is 10.0. The van der Waals surface area contributed by atoms with E-state index in [4.69, 9.17) is 15.2 Å². The normalized spacial score (nSPS) is 12.1. The number of hydrogen-bond donors (Lipinski definition) is 2. The molecule has 0 aliphatic rings. The minimum absolute atomic E-state index is 0.145. The van der Waals surface area contributed by atoms with Crippen LogP contribution in [0.5, 0.6) is 11.6 Å². The number of nitrogens with one attached hydrogen (secondary N) is 1. The summed E-state index contributed by atoms with van der Waals surface area (Å²) >= 11 is 0.